The SMILES string of the molecule is CN1CCCc2ccc(CCCCCNCCC(F)F)nc21. The van der Waals surface area contributed by atoms with Crippen LogP contribution in [-0.4, -0.2) is 38.1 Å². The van der Waals surface area contributed by atoms with Crippen LogP contribution in [0.3, 0.4) is 0 Å². The molecule has 1 aromatic rings. The van der Waals surface area contributed by atoms with E-state index in [-0.39, 0.29) is 6.42 Å². The Morgan fingerprint density at radius 2 is 2.09 bits per heavy atom. The van der Waals surface area contributed by atoms with Crippen molar-refractivity contribution < 1.29 is 8.78 Å². The maximum atomic E-state index is 11.9. The molecule has 0 saturated carbocycles. The normalized spacial score (nSPS) is 14.5. The minimum Gasteiger partial charge on any atom is -0.359 e. The zero-order chi connectivity index (χ0) is 15.8. The first-order chi connectivity index (χ1) is 10.7. The van der Waals surface area contributed by atoms with E-state index in [1.165, 1.54) is 12.0 Å². The summed E-state index contributed by atoms with van der Waals surface area (Å²) in [5.74, 6) is 1.15. The minimum absolute atomic E-state index is 0.0490. The van der Waals surface area contributed by atoms with Crippen LogP contribution >= 0.6 is 0 Å². The van der Waals surface area contributed by atoms with E-state index in [0.717, 1.165) is 56.7 Å². The van der Waals surface area contributed by atoms with Crippen LogP contribution in [0.25, 0.3) is 0 Å². The van der Waals surface area contributed by atoms with Crippen LogP contribution in [0.4, 0.5) is 14.6 Å². The highest BCUT2D eigenvalue weighted by molar-refractivity contribution is 5.49. The van der Waals surface area contributed by atoms with E-state index in [1.807, 2.05) is 0 Å². The molecule has 1 aliphatic heterocycles. The summed E-state index contributed by atoms with van der Waals surface area (Å²) < 4.78 is 23.9. The molecule has 0 atom stereocenters. The summed E-state index contributed by atoms with van der Waals surface area (Å²) in [6.45, 7) is 2.33. The van der Waals surface area contributed by atoms with Crippen LogP contribution in [0.1, 0.15) is 43.4 Å². The van der Waals surface area contributed by atoms with E-state index < -0.39 is 6.43 Å². The monoisotopic (exact) mass is 311 g/mol. The summed E-state index contributed by atoms with van der Waals surface area (Å²) >= 11 is 0. The summed E-state index contributed by atoms with van der Waals surface area (Å²) in [6.07, 6.45) is 4.35. The van der Waals surface area contributed by atoms with Crippen LogP contribution < -0.4 is 10.2 Å². The first kappa shape index (κ1) is 17.1. The van der Waals surface area contributed by atoms with E-state index in [2.05, 4.69) is 29.4 Å². The van der Waals surface area contributed by atoms with Gasteiger partial charge >= 0.3 is 0 Å². The summed E-state index contributed by atoms with van der Waals surface area (Å²) in [5, 5.41) is 3.06. The van der Waals surface area contributed by atoms with Crippen molar-refractivity contribution in [3.05, 3.63) is 23.4 Å². The molecule has 0 aliphatic carbocycles. The quantitative estimate of drug-likeness (QED) is 0.708. The number of nitrogens with zero attached hydrogens (tertiary/aromatic N) is 2. The van der Waals surface area contributed by atoms with Gasteiger partial charge in [0.1, 0.15) is 5.82 Å². The highest BCUT2D eigenvalue weighted by atomic mass is 19.3. The molecule has 2 heterocycles. The van der Waals surface area contributed by atoms with E-state index in [1.54, 1.807) is 0 Å². The third-order valence-corrected chi connectivity index (χ3v) is 4.14. The molecule has 0 saturated heterocycles. The fourth-order valence-corrected chi connectivity index (χ4v) is 2.86. The molecule has 22 heavy (non-hydrogen) atoms. The van der Waals surface area contributed by atoms with Crippen molar-refractivity contribution in [2.75, 3.05) is 31.6 Å². The van der Waals surface area contributed by atoms with E-state index in [0.29, 0.717) is 6.54 Å². The lowest BCUT2D eigenvalue weighted by atomic mass is 10.0. The van der Waals surface area contributed by atoms with Gasteiger partial charge in [-0.2, -0.15) is 0 Å². The molecule has 5 heteroatoms. The number of fused-ring (bicyclic) bond motifs is 1. The number of unbranched alkanes of at least 4 members (excludes halogenated alkanes) is 2. The largest absolute Gasteiger partial charge is 0.359 e. The average molecular weight is 311 g/mol. The lowest BCUT2D eigenvalue weighted by Crippen LogP contribution is -2.26. The first-order valence-corrected chi connectivity index (χ1v) is 8.35. The number of hydrogen-bond donors (Lipinski definition) is 1. The third-order valence-electron chi connectivity index (χ3n) is 4.14. The van der Waals surface area contributed by atoms with Crippen LogP contribution in [0.2, 0.25) is 0 Å². The zero-order valence-electron chi connectivity index (χ0n) is 13.5. The van der Waals surface area contributed by atoms with Crippen LogP contribution in [0.5, 0.6) is 0 Å². The van der Waals surface area contributed by atoms with Crippen molar-refractivity contribution in [3.8, 4) is 0 Å². The fraction of sp³-hybridized carbons (Fsp3) is 0.706. The number of aryl methyl sites for hydroxylation is 2. The summed E-state index contributed by atoms with van der Waals surface area (Å²) in [7, 11) is 2.11. The number of halogens is 2. The number of rotatable bonds is 9. The second-order valence-corrected chi connectivity index (χ2v) is 6.05. The highest BCUT2D eigenvalue weighted by Gasteiger charge is 2.15. The lowest BCUT2D eigenvalue weighted by Gasteiger charge is -2.26. The van der Waals surface area contributed by atoms with Crippen molar-refractivity contribution >= 4 is 5.82 Å². The van der Waals surface area contributed by atoms with Gasteiger partial charge in [-0.1, -0.05) is 12.5 Å². The van der Waals surface area contributed by atoms with Gasteiger partial charge in [0.25, 0.3) is 0 Å². The minimum atomic E-state index is -2.19. The standard InChI is InChI=1S/C17H27F2N3/c1-22-13-5-6-14-8-9-15(21-17(14)22)7-3-2-4-11-20-12-10-16(18)19/h8-9,16,20H,2-7,10-13H2,1H3. The molecule has 1 aliphatic rings. The molecule has 0 amide bonds. The van der Waals surface area contributed by atoms with Crippen molar-refractivity contribution in [1.82, 2.24) is 10.3 Å². The van der Waals surface area contributed by atoms with Crippen molar-refractivity contribution in [3.63, 3.8) is 0 Å². The predicted molar refractivity (Wildman–Crippen MR) is 86.9 cm³/mol. The molecule has 0 aromatic carbocycles. The Kier molecular flexibility index (Phi) is 7.03. The van der Waals surface area contributed by atoms with Crippen molar-refractivity contribution in [2.45, 2.75) is 51.4 Å². The van der Waals surface area contributed by atoms with E-state index >= 15 is 0 Å². The third kappa shape index (κ3) is 5.52. The number of nitrogens with one attached hydrogen (secondary N) is 1. The van der Waals surface area contributed by atoms with Gasteiger partial charge in [0.15, 0.2) is 0 Å². The predicted octanol–water partition coefficient (Wildman–Crippen LogP) is 3.42. The van der Waals surface area contributed by atoms with Crippen molar-refractivity contribution in [2.24, 2.45) is 0 Å². The lowest BCUT2D eigenvalue weighted by molar-refractivity contribution is 0.137. The highest BCUT2D eigenvalue weighted by Crippen LogP contribution is 2.24. The van der Waals surface area contributed by atoms with Gasteiger partial charge in [0.2, 0.25) is 6.43 Å². The molecule has 124 valence electrons. The zero-order valence-corrected chi connectivity index (χ0v) is 13.5. The Labute approximate surface area is 132 Å². The van der Waals surface area contributed by atoms with Crippen LogP contribution in [-0.2, 0) is 12.8 Å². The average Bonchev–Trinajstić information content (AvgIpc) is 2.50. The fourth-order valence-electron chi connectivity index (χ4n) is 2.86. The van der Waals surface area contributed by atoms with E-state index in [4.69, 9.17) is 4.98 Å². The molecule has 2 rings (SSSR count). The summed E-state index contributed by atoms with van der Waals surface area (Å²) in [4.78, 5) is 7.03. The molecule has 0 spiro atoms. The van der Waals surface area contributed by atoms with Gasteiger partial charge in [-0.3, -0.25) is 0 Å². The Hall–Kier alpha value is -1.23. The molecule has 1 N–H and O–H groups in total. The van der Waals surface area contributed by atoms with Crippen LogP contribution in [0.15, 0.2) is 12.1 Å². The summed E-state index contributed by atoms with van der Waals surface area (Å²) in [5.41, 5.74) is 2.53. The molecular weight excluding hydrogens is 284 g/mol. The number of pyridine rings is 1. The topological polar surface area (TPSA) is 28.2 Å². The second-order valence-electron chi connectivity index (χ2n) is 6.05. The van der Waals surface area contributed by atoms with E-state index in [9.17, 15) is 8.78 Å². The van der Waals surface area contributed by atoms with Gasteiger partial charge in [-0.05, 0) is 50.3 Å². The number of anilines is 1. The number of hydrogen-bond acceptors (Lipinski definition) is 3. The van der Waals surface area contributed by atoms with Gasteiger partial charge in [0, 0.05) is 32.3 Å². The number of alkyl halides is 2. The molecule has 1 aromatic heterocycles. The van der Waals surface area contributed by atoms with Crippen molar-refractivity contribution in [1.29, 1.82) is 0 Å². The molecule has 3 nitrogen and oxygen atoms in total. The van der Waals surface area contributed by atoms with Crippen LogP contribution in [0, 0.1) is 0 Å². The maximum Gasteiger partial charge on any atom is 0.239 e. The maximum absolute atomic E-state index is 11.9. The Balaban J connectivity index is 1.62. The molecule has 0 unspecified atom stereocenters. The smallest absolute Gasteiger partial charge is 0.239 e. The number of aromatic nitrogens is 1. The van der Waals surface area contributed by atoms with Gasteiger partial charge in [-0.25, -0.2) is 13.8 Å². The summed E-state index contributed by atoms with van der Waals surface area (Å²) in [6, 6.07) is 4.37. The van der Waals surface area contributed by atoms with Gasteiger partial charge < -0.3 is 10.2 Å². The molecule has 0 bridgehead atoms. The second kappa shape index (κ2) is 9.03. The molecular formula is C17H27F2N3. The van der Waals surface area contributed by atoms with Gasteiger partial charge in [-0.15, -0.1) is 0 Å². The first-order valence-electron chi connectivity index (χ1n) is 8.35. The Morgan fingerprint density at radius 1 is 1.23 bits per heavy atom. The molecule has 0 fully saturated rings. The Bertz CT molecular complexity index is 452. The molecule has 0 radical (unpaired) electrons. The Morgan fingerprint density at radius 3 is 2.91 bits per heavy atom. The van der Waals surface area contributed by atoms with Gasteiger partial charge in [0.05, 0.1) is 0 Å².